The predicted molar refractivity (Wildman–Crippen MR) is 53.8 cm³/mol. The SMILES string of the molecule is CCS(=O)(=O)c1ccc2[nH]ncc2c1. The molecule has 1 aromatic carbocycles. The number of H-pyrrole nitrogens is 1. The monoisotopic (exact) mass is 210 g/mol. The Labute approximate surface area is 81.9 Å². The van der Waals surface area contributed by atoms with Crippen LogP contribution in [0.5, 0.6) is 0 Å². The summed E-state index contributed by atoms with van der Waals surface area (Å²) < 4.78 is 23.1. The lowest BCUT2D eigenvalue weighted by Gasteiger charge is -2.00. The maximum absolute atomic E-state index is 11.5. The molecule has 0 saturated heterocycles. The van der Waals surface area contributed by atoms with Gasteiger partial charge < -0.3 is 0 Å². The first-order valence-corrected chi connectivity index (χ1v) is 5.94. The second kappa shape index (κ2) is 3.09. The van der Waals surface area contributed by atoms with Crippen molar-refractivity contribution >= 4 is 20.7 Å². The molecule has 5 heteroatoms. The van der Waals surface area contributed by atoms with E-state index in [1.807, 2.05) is 0 Å². The average Bonchev–Trinajstić information content (AvgIpc) is 2.64. The summed E-state index contributed by atoms with van der Waals surface area (Å²) in [7, 11) is -3.11. The first-order chi connectivity index (χ1) is 6.63. The maximum Gasteiger partial charge on any atom is 0.178 e. The van der Waals surface area contributed by atoms with Crippen molar-refractivity contribution < 1.29 is 8.42 Å². The summed E-state index contributed by atoms with van der Waals surface area (Å²) in [5, 5.41) is 7.42. The van der Waals surface area contributed by atoms with Crippen LogP contribution < -0.4 is 0 Å². The molecule has 14 heavy (non-hydrogen) atoms. The highest BCUT2D eigenvalue weighted by atomic mass is 32.2. The largest absolute Gasteiger partial charge is 0.278 e. The molecule has 74 valence electrons. The molecule has 1 N–H and O–H groups in total. The van der Waals surface area contributed by atoms with Crippen LogP contribution in [-0.4, -0.2) is 24.4 Å². The molecule has 0 atom stereocenters. The highest BCUT2D eigenvalue weighted by Crippen LogP contribution is 2.17. The molecule has 0 aliphatic heterocycles. The van der Waals surface area contributed by atoms with Gasteiger partial charge in [0.15, 0.2) is 9.84 Å². The maximum atomic E-state index is 11.5. The number of rotatable bonds is 2. The van der Waals surface area contributed by atoms with E-state index >= 15 is 0 Å². The second-order valence-corrected chi connectivity index (χ2v) is 5.30. The van der Waals surface area contributed by atoms with Crippen LogP contribution in [-0.2, 0) is 9.84 Å². The molecule has 4 nitrogen and oxygen atoms in total. The fourth-order valence-corrected chi connectivity index (χ4v) is 2.20. The third-order valence-electron chi connectivity index (χ3n) is 2.15. The van der Waals surface area contributed by atoms with Gasteiger partial charge in [-0.25, -0.2) is 8.42 Å². The zero-order valence-electron chi connectivity index (χ0n) is 7.69. The molecule has 2 rings (SSSR count). The lowest BCUT2D eigenvalue weighted by atomic mass is 10.3. The van der Waals surface area contributed by atoms with E-state index < -0.39 is 9.84 Å². The van der Waals surface area contributed by atoms with E-state index in [9.17, 15) is 8.42 Å². The smallest absolute Gasteiger partial charge is 0.178 e. The molecule has 0 aliphatic rings. The zero-order valence-corrected chi connectivity index (χ0v) is 8.50. The average molecular weight is 210 g/mol. The van der Waals surface area contributed by atoms with Crippen molar-refractivity contribution in [1.82, 2.24) is 10.2 Å². The molecule has 0 spiro atoms. The van der Waals surface area contributed by atoms with Gasteiger partial charge in [0.1, 0.15) is 0 Å². The molecule has 1 aromatic heterocycles. The van der Waals surface area contributed by atoms with E-state index in [0.29, 0.717) is 4.90 Å². The van der Waals surface area contributed by atoms with Gasteiger partial charge in [-0.15, -0.1) is 0 Å². The van der Waals surface area contributed by atoms with E-state index in [4.69, 9.17) is 0 Å². The van der Waals surface area contributed by atoms with Crippen molar-refractivity contribution in [1.29, 1.82) is 0 Å². The van der Waals surface area contributed by atoms with Crippen molar-refractivity contribution in [3.05, 3.63) is 24.4 Å². The van der Waals surface area contributed by atoms with Gasteiger partial charge in [-0.1, -0.05) is 6.92 Å². The minimum absolute atomic E-state index is 0.121. The Kier molecular flexibility index (Phi) is 2.03. The normalized spacial score (nSPS) is 12.1. The quantitative estimate of drug-likeness (QED) is 0.814. The third-order valence-corrected chi connectivity index (χ3v) is 3.88. The van der Waals surface area contributed by atoms with Gasteiger partial charge in [0.05, 0.1) is 22.4 Å². The molecule has 2 aromatic rings. The highest BCUT2D eigenvalue weighted by Gasteiger charge is 2.11. The van der Waals surface area contributed by atoms with Gasteiger partial charge in [-0.05, 0) is 18.2 Å². The summed E-state index contributed by atoms with van der Waals surface area (Å²) >= 11 is 0. The topological polar surface area (TPSA) is 62.8 Å². The number of benzene rings is 1. The minimum atomic E-state index is -3.11. The van der Waals surface area contributed by atoms with E-state index in [0.717, 1.165) is 10.9 Å². The Morgan fingerprint density at radius 3 is 2.93 bits per heavy atom. The van der Waals surface area contributed by atoms with Crippen molar-refractivity contribution in [3.8, 4) is 0 Å². The zero-order chi connectivity index (χ0) is 10.2. The van der Waals surface area contributed by atoms with Gasteiger partial charge in [-0.2, -0.15) is 5.10 Å². The summed E-state index contributed by atoms with van der Waals surface area (Å²) in [6, 6.07) is 4.96. The summed E-state index contributed by atoms with van der Waals surface area (Å²) in [4.78, 5) is 0.355. The van der Waals surface area contributed by atoms with Gasteiger partial charge in [0.25, 0.3) is 0 Å². The van der Waals surface area contributed by atoms with Crippen LogP contribution in [0.15, 0.2) is 29.3 Å². The predicted octanol–water partition coefficient (Wildman–Crippen LogP) is 1.36. The van der Waals surface area contributed by atoms with E-state index in [1.54, 1.807) is 31.3 Å². The molecule has 0 amide bonds. The van der Waals surface area contributed by atoms with Gasteiger partial charge >= 0.3 is 0 Å². The summed E-state index contributed by atoms with van der Waals surface area (Å²) in [5.41, 5.74) is 0.847. The highest BCUT2D eigenvalue weighted by molar-refractivity contribution is 7.91. The summed E-state index contributed by atoms with van der Waals surface area (Å²) in [6.07, 6.45) is 1.62. The molecule has 0 unspecified atom stereocenters. The Bertz CT molecular complexity index is 557. The second-order valence-electron chi connectivity index (χ2n) is 3.02. The molecule has 0 radical (unpaired) electrons. The van der Waals surface area contributed by atoms with Gasteiger partial charge in [-0.3, -0.25) is 5.10 Å². The number of aromatic amines is 1. The van der Waals surface area contributed by atoms with Crippen molar-refractivity contribution in [2.24, 2.45) is 0 Å². The van der Waals surface area contributed by atoms with Crippen LogP contribution in [0.3, 0.4) is 0 Å². The first kappa shape index (κ1) is 9.21. The van der Waals surface area contributed by atoms with Gasteiger partial charge in [0.2, 0.25) is 0 Å². The number of fused-ring (bicyclic) bond motifs is 1. The fourth-order valence-electron chi connectivity index (χ4n) is 1.28. The molecule has 0 bridgehead atoms. The third kappa shape index (κ3) is 1.39. The lowest BCUT2D eigenvalue weighted by Crippen LogP contribution is -2.02. The molecule has 1 heterocycles. The number of hydrogen-bond donors (Lipinski definition) is 1. The molecular formula is C9H10N2O2S. The van der Waals surface area contributed by atoms with Crippen LogP contribution in [0.2, 0.25) is 0 Å². The summed E-state index contributed by atoms with van der Waals surface area (Å²) in [6.45, 7) is 1.63. The standard InChI is InChI=1S/C9H10N2O2S/c1-2-14(12,13)8-3-4-9-7(5-8)6-10-11-9/h3-6H,2H2,1H3,(H,10,11). The van der Waals surface area contributed by atoms with E-state index in [-0.39, 0.29) is 5.75 Å². The Balaban J connectivity index is 2.65. The molecular weight excluding hydrogens is 200 g/mol. The lowest BCUT2D eigenvalue weighted by molar-refractivity contribution is 0.597. The molecule has 0 saturated carbocycles. The summed E-state index contributed by atoms with van der Waals surface area (Å²) in [5.74, 6) is 0.121. The van der Waals surface area contributed by atoms with Crippen LogP contribution in [0.4, 0.5) is 0 Å². The number of hydrogen-bond acceptors (Lipinski definition) is 3. The van der Waals surface area contributed by atoms with Crippen LogP contribution in [0.1, 0.15) is 6.92 Å². The van der Waals surface area contributed by atoms with Crippen molar-refractivity contribution in [2.75, 3.05) is 5.75 Å². The van der Waals surface area contributed by atoms with Crippen LogP contribution in [0.25, 0.3) is 10.9 Å². The van der Waals surface area contributed by atoms with E-state index in [1.165, 1.54) is 0 Å². The first-order valence-electron chi connectivity index (χ1n) is 4.29. The Hall–Kier alpha value is -1.36. The number of sulfone groups is 1. The number of nitrogens with one attached hydrogen (secondary N) is 1. The fraction of sp³-hybridized carbons (Fsp3) is 0.222. The minimum Gasteiger partial charge on any atom is -0.278 e. The van der Waals surface area contributed by atoms with Crippen LogP contribution in [0, 0.1) is 0 Å². The molecule has 0 aliphatic carbocycles. The Morgan fingerprint density at radius 2 is 2.21 bits per heavy atom. The van der Waals surface area contributed by atoms with Crippen molar-refractivity contribution in [2.45, 2.75) is 11.8 Å². The van der Waals surface area contributed by atoms with Gasteiger partial charge in [0, 0.05) is 5.39 Å². The Morgan fingerprint density at radius 1 is 1.43 bits per heavy atom. The van der Waals surface area contributed by atoms with Crippen LogP contribution >= 0.6 is 0 Å². The number of nitrogens with zero attached hydrogens (tertiary/aromatic N) is 1. The molecule has 0 fully saturated rings. The number of aromatic nitrogens is 2. The van der Waals surface area contributed by atoms with Crippen molar-refractivity contribution in [3.63, 3.8) is 0 Å². The van der Waals surface area contributed by atoms with E-state index in [2.05, 4.69) is 10.2 Å².